The van der Waals surface area contributed by atoms with Gasteiger partial charge in [0.2, 0.25) is 0 Å². The average Bonchev–Trinajstić information content (AvgIpc) is 2.72. The van der Waals surface area contributed by atoms with Crippen LogP contribution < -0.4 is 5.32 Å². The van der Waals surface area contributed by atoms with Crippen LogP contribution in [0.4, 0.5) is 0 Å². The highest BCUT2D eigenvalue weighted by Crippen LogP contribution is 2.12. The van der Waals surface area contributed by atoms with Crippen LogP contribution in [0.25, 0.3) is 5.65 Å². The van der Waals surface area contributed by atoms with Crippen LogP contribution in [0, 0.1) is 6.92 Å². The molecule has 1 unspecified atom stereocenters. The van der Waals surface area contributed by atoms with Crippen molar-refractivity contribution in [1.82, 2.24) is 14.7 Å². The van der Waals surface area contributed by atoms with E-state index in [0.717, 1.165) is 17.9 Å². The van der Waals surface area contributed by atoms with Crippen LogP contribution in [-0.4, -0.2) is 15.4 Å². The SMILES string of the molecule is CCCCCC(C)NCc1c(C)nc2ccccn12. The highest BCUT2D eigenvalue weighted by atomic mass is 15.0. The van der Waals surface area contributed by atoms with E-state index in [1.807, 2.05) is 6.07 Å². The molecular formula is C16H25N3. The molecule has 0 bridgehead atoms. The van der Waals surface area contributed by atoms with E-state index in [1.54, 1.807) is 0 Å². The van der Waals surface area contributed by atoms with E-state index in [1.165, 1.54) is 31.4 Å². The summed E-state index contributed by atoms with van der Waals surface area (Å²) in [5.41, 5.74) is 3.44. The number of nitrogens with zero attached hydrogens (tertiary/aromatic N) is 2. The van der Waals surface area contributed by atoms with E-state index < -0.39 is 0 Å². The third-order valence-electron chi connectivity index (χ3n) is 3.69. The van der Waals surface area contributed by atoms with Gasteiger partial charge in [-0.2, -0.15) is 0 Å². The molecule has 0 saturated carbocycles. The number of pyridine rings is 1. The summed E-state index contributed by atoms with van der Waals surface area (Å²) in [5, 5.41) is 3.62. The fourth-order valence-electron chi connectivity index (χ4n) is 2.45. The monoisotopic (exact) mass is 259 g/mol. The van der Waals surface area contributed by atoms with Gasteiger partial charge in [-0.1, -0.05) is 32.3 Å². The zero-order valence-electron chi connectivity index (χ0n) is 12.3. The van der Waals surface area contributed by atoms with Gasteiger partial charge in [0.25, 0.3) is 0 Å². The maximum Gasteiger partial charge on any atom is 0.137 e. The van der Waals surface area contributed by atoms with Crippen molar-refractivity contribution >= 4 is 5.65 Å². The van der Waals surface area contributed by atoms with Gasteiger partial charge in [-0.3, -0.25) is 0 Å². The number of hydrogen-bond donors (Lipinski definition) is 1. The lowest BCUT2D eigenvalue weighted by atomic mass is 10.1. The van der Waals surface area contributed by atoms with Crippen molar-refractivity contribution in [3.63, 3.8) is 0 Å². The summed E-state index contributed by atoms with van der Waals surface area (Å²) in [4.78, 5) is 4.59. The summed E-state index contributed by atoms with van der Waals surface area (Å²) < 4.78 is 2.18. The van der Waals surface area contributed by atoms with Gasteiger partial charge in [0.05, 0.1) is 11.4 Å². The summed E-state index contributed by atoms with van der Waals surface area (Å²) >= 11 is 0. The van der Waals surface area contributed by atoms with E-state index in [0.29, 0.717) is 6.04 Å². The minimum absolute atomic E-state index is 0.570. The van der Waals surface area contributed by atoms with Crippen LogP contribution in [0.3, 0.4) is 0 Å². The van der Waals surface area contributed by atoms with E-state index in [4.69, 9.17) is 0 Å². The lowest BCUT2D eigenvalue weighted by Gasteiger charge is -2.13. The summed E-state index contributed by atoms with van der Waals surface area (Å²) in [6.07, 6.45) is 7.29. The van der Waals surface area contributed by atoms with Crippen molar-refractivity contribution in [3.8, 4) is 0 Å². The third-order valence-corrected chi connectivity index (χ3v) is 3.69. The van der Waals surface area contributed by atoms with Crippen molar-refractivity contribution in [2.45, 2.75) is 59.0 Å². The van der Waals surface area contributed by atoms with Gasteiger partial charge in [0.15, 0.2) is 0 Å². The Hall–Kier alpha value is -1.35. The summed E-state index contributed by atoms with van der Waals surface area (Å²) in [7, 11) is 0. The lowest BCUT2D eigenvalue weighted by molar-refractivity contribution is 0.482. The Balaban J connectivity index is 1.96. The van der Waals surface area contributed by atoms with E-state index in [2.05, 4.69) is 53.8 Å². The fourth-order valence-corrected chi connectivity index (χ4v) is 2.45. The molecule has 0 aromatic carbocycles. The molecule has 0 fully saturated rings. The number of aryl methyl sites for hydroxylation is 1. The Labute approximate surface area is 116 Å². The van der Waals surface area contributed by atoms with Crippen LogP contribution in [-0.2, 0) is 6.54 Å². The van der Waals surface area contributed by atoms with Gasteiger partial charge < -0.3 is 9.72 Å². The molecule has 19 heavy (non-hydrogen) atoms. The Kier molecular flexibility index (Phi) is 4.97. The number of imidazole rings is 1. The van der Waals surface area contributed by atoms with Gasteiger partial charge in [-0.25, -0.2) is 4.98 Å². The first-order valence-corrected chi connectivity index (χ1v) is 7.38. The van der Waals surface area contributed by atoms with Crippen molar-refractivity contribution in [3.05, 3.63) is 35.8 Å². The number of nitrogens with one attached hydrogen (secondary N) is 1. The molecule has 3 heteroatoms. The quantitative estimate of drug-likeness (QED) is 0.768. The van der Waals surface area contributed by atoms with Crippen LogP contribution in [0.15, 0.2) is 24.4 Å². The van der Waals surface area contributed by atoms with Gasteiger partial charge in [-0.05, 0) is 32.4 Å². The van der Waals surface area contributed by atoms with Crippen LogP contribution in [0.2, 0.25) is 0 Å². The largest absolute Gasteiger partial charge is 0.309 e. The zero-order chi connectivity index (χ0) is 13.7. The Morgan fingerprint density at radius 3 is 2.95 bits per heavy atom. The molecule has 2 aromatic heterocycles. The fraction of sp³-hybridized carbons (Fsp3) is 0.562. The van der Waals surface area contributed by atoms with Gasteiger partial charge in [0.1, 0.15) is 5.65 Å². The van der Waals surface area contributed by atoms with Crippen LogP contribution in [0.5, 0.6) is 0 Å². The first-order valence-electron chi connectivity index (χ1n) is 7.38. The number of rotatable bonds is 7. The molecule has 2 aromatic rings. The highest BCUT2D eigenvalue weighted by Gasteiger charge is 2.09. The maximum absolute atomic E-state index is 4.59. The summed E-state index contributed by atoms with van der Waals surface area (Å²) in [5.74, 6) is 0. The molecule has 104 valence electrons. The number of aromatic nitrogens is 2. The number of fused-ring (bicyclic) bond motifs is 1. The van der Waals surface area contributed by atoms with E-state index in [-0.39, 0.29) is 0 Å². The molecule has 3 nitrogen and oxygen atoms in total. The lowest BCUT2D eigenvalue weighted by Crippen LogP contribution is -2.26. The molecule has 2 rings (SSSR count). The molecule has 0 aliphatic carbocycles. The first kappa shape index (κ1) is 14.1. The summed E-state index contributed by atoms with van der Waals surface area (Å²) in [6.45, 7) is 7.50. The molecular weight excluding hydrogens is 234 g/mol. The van der Waals surface area contributed by atoms with Gasteiger partial charge in [0, 0.05) is 18.8 Å². The Morgan fingerprint density at radius 1 is 1.32 bits per heavy atom. The van der Waals surface area contributed by atoms with Crippen molar-refractivity contribution in [2.75, 3.05) is 0 Å². The van der Waals surface area contributed by atoms with Crippen molar-refractivity contribution in [2.24, 2.45) is 0 Å². The van der Waals surface area contributed by atoms with E-state index >= 15 is 0 Å². The maximum atomic E-state index is 4.59. The normalized spacial score (nSPS) is 13.0. The highest BCUT2D eigenvalue weighted by molar-refractivity contribution is 5.42. The minimum Gasteiger partial charge on any atom is -0.309 e. The summed E-state index contributed by atoms with van der Waals surface area (Å²) in [6, 6.07) is 6.72. The van der Waals surface area contributed by atoms with Crippen molar-refractivity contribution < 1.29 is 0 Å². The Morgan fingerprint density at radius 2 is 2.16 bits per heavy atom. The van der Waals surface area contributed by atoms with Crippen LogP contribution >= 0.6 is 0 Å². The molecule has 0 amide bonds. The Bertz CT molecular complexity index is 516. The van der Waals surface area contributed by atoms with Gasteiger partial charge >= 0.3 is 0 Å². The molecule has 1 atom stereocenters. The molecule has 0 radical (unpaired) electrons. The zero-order valence-corrected chi connectivity index (χ0v) is 12.3. The number of unbranched alkanes of at least 4 members (excludes halogenated alkanes) is 2. The molecule has 2 heterocycles. The second kappa shape index (κ2) is 6.71. The number of hydrogen-bond acceptors (Lipinski definition) is 2. The van der Waals surface area contributed by atoms with E-state index in [9.17, 15) is 0 Å². The molecule has 0 spiro atoms. The van der Waals surface area contributed by atoms with Crippen LogP contribution in [0.1, 0.15) is 50.9 Å². The van der Waals surface area contributed by atoms with Gasteiger partial charge in [-0.15, -0.1) is 0 Å². The third kappa shape index (κ3) is 3.57. The standard InChI is InChI=1S/C16H25N3/c1-4-5-6-9-13(2)17-12-15-14(3)18-16-10-7-8-11-19(15)16/h7-8,10-11,13,17H,4-6,9,12H2,1-3H3. The molecule has 0 aliphatic heterocycles. The molecule has 0 saturated heterocycles. The molecule has 0 aliphatic rings. The second-order valence-corrected chi connectivity index (χ2v) is 5.35. The first-order chi connectivity index (χ1) is 9.22. The predicted molar refractivity (Wildman–Crippen MR) is 80.4 cm³/mol. The smallest absolute Gasteiger partial charge is 0.137 e. The average molecular weight is 259 g/mol. The second-order valence-electron chi connectivity index (χ2n) is 5.35. The molecule has 1 N–H and O–H groups in total. The van der Waals surface area contributed by atoms with Crippen molar-refractivity contribution in [1.29, 1.82) is 0 Å². The minimum atomic E-state index is 0.570. The predicted octanol–water partition coefficient (Wildman–Crippen LogP) is 3.70. The topological polar surface area (TPSA) is 29.3 Å².